The Labute approximate surface area is 91.1 Å². The lowest BCUT2D eigenvalue weighted by molar-refractivity contribution is -0.113. The van der Waals surface area contributed by atoms with E-state index in [2.05, 4.69) is 14.7 Å². The molecule has 7 heteroatoms. The highest BCUT2D eigenvalue weighted by Gasteiger charge is 2.13. The molecule has 0 atom stereocenters. The summed E-state index contributed by atoms with van der Waals surface area (Å²) in [5.41, 5.74) is 10.5. The van der Waals surface area contributed by atoms with Crippen LogP contribution in [0.2, 0.25) is 0 Å². The molecule has 0 unspecified atom stereocenters. The summed E-state index contributed by atoms with van der Waals surface area (Å²) < 4.78 is 4.46. The zero-order chi connectivity index (χ0) is 12.1. The topological polar surface area (TPSA) is 121 Å². The number of methoxy groups -OCH3 is 1. The van der Waals surface area contributed by atoms with Crippen molar-refractivity contribution in [3.63, 3.8) is 0 Å². The third-order valence-electron chi connectivity index (χ3n) is 1.62. The zero-order valence-electron chi connectivity index (χ0n) is 8.51. The van der Waals surface area contributed by atoms with Gasteiger partial charge in [0.2, 0.25) is 5.91 Å². The van der Waals surface area contributed by atoms with Gasteiger partial charge in [-0.1, -0.05) is 0 Å². The minimum absolute atomic E-state index is 0.0388. The Morgan fingerprint density at radius 1 is 1.50 bits per heavy atom. The number of nitrogens with two attached hydrogens (primary N) is 2. The van der Waals surface area contributed by atoms with Gasteiger partial charge >= 0.3 is 5.97 Å². The van der Waals surface area contributed by atoms with Crippen LogP contribution in [0.1, 0.15) is 16.2 Å². The molecule has 0 fully saturated rings. The smallest absolute Gasteiger partial charge is 0.360 e. The summed E-state index contributed by atoms with van der Waals surface area (Å²) in [5.74, 6) is -1.36. The number of nitrogens with zero attached hydrogens (tertiary/aromatic N) is 2. The molecule has 0 spiro atoms. The van der Waals surface area contributed by atoms with Crippen molar-refractivity contribution < 1.29 is 14.3 Å². The quantitative estimate of drug-likeness (QED) is 0.517. The second-order valence-corrected chi connectivity index (χ2v) is 2.76. The fourth-order valence-electron chi connectivity index (χ4n) is 0.907. The van der Waals surface area contributed by atoms with Crippen LogP contribution in [0.4, 0.5) is 5.82 Å². The van der Waals surface area contributed by atoms with Crippen LogP contribution in [0.15, 0.2) is 12.3 Å². The van der Waals surface area contributed by atoms with Crippen LogP contribution in [-0.2, 0) is 9.53 Å². The number of primary amides is 1. The van der Waals surface area contributed by atoms with Crippen molar-refractivity contribution in [1.82, 2.24) is 9.97 Å². The maximum Gasteiger partial charge on any atom is 0.360 e. The Balaban J connectivity index is 3.07. The number of nitrogen functional groups attached to an aromatic ring is 1. The number of carbonyl (C=O) groups excluding carboxylic acids is 2. The largest absolute Gasteiger partial charge is 0.464 e. The van der Waals surface area contributed by atoms with Crippen molar-refractivity contribution in [2.75, 3.05) is 12.8 Å². The highest BCUT2D eigenvalue weighted by molar-refractivity contribution is 5.92. The van der Waals surface area contributed by atoms with E-state index >= 15 is 0 Å². The monoisotopic (exact) mass is 222 g/mol. The molecule has 84 valence electrons. The molecule has 16 heavy (non-hydrogen) atoms. The van der Waals surface area contributed by atoms with E-state index in [9.17, 15) is 9.59 Å². The van der Waals surface area contributed by atoms with E-state index in [1.165, 1.54) is 19.4 Å². The van der Waals surface area contributed by atoms with E-state index in [-0.39, 0.29) is 17.2 Å². The first-order valence-electron chi connectivity index (χ1n) is 4.23. The van der Waals surface area contributed by atoms with Crippen LogP contribution in [0, 0.1) is 0 Å². The van der Waals surface area contributed by atoms with E-state index in [0.717, 1.165) is 6.08 Å². The molecular weight excluding hydrogens is 212 g/mol. The number of aromatic nitrogens is 2. The van der Waals surface area contributed by atoms with E-state index < -0.39 is 11.9 Å². The number of anilines is 1. The molecule has 0 bridgehead atoms. The molecule has 0 aliphatic rings. The summed E-state index contributed by atoms with van der Waals surface area (Å²) in [7, 11) is 1.20. The maximum absolute atomic E-state index is 11.2. The van der Waals surface area contributed by atoms with Gasteiger partial charge in [-0.25, -0.2) is 14.8 Å². The van der Waals surface area contributed by atoms with Gasteiger partial charge in [0.25, 0.3) is 0 Å². The molecule has 0 saturated heterocycles. The van der Waals surface area contributed by atoms with Crippen molar-refractivity contribution in [2.45, 2.75) is 0 Å². The van der Waals surface area contributed by atoms with Gasteiger partial charge in [0.15, 0.2) is 11.5 Å². The summed E-state index contributed by atoms with van der Waals surface area (Å²) in [6.45, 7) is 0. The lowest BCUT2D eigenvalue weighted by atomic mass is 10.3. The average molecular weight is 222 g/mol. The molecule has 1 amide bonds. The van der Waals surface area contributed by atoms with E-state index in [0.29, 0.717) is 0 Å². The Bertz CT molecular complexity index is 456. The number of hydrogen-bond acceptors (Lipinski definition) is 6. The number of carbonyl (C=O) groups is 2. The molecule has 0 aromatic carbocycles. The van der Waals surface area contributed by atoms with Crippen LogP contribution >= 0.6 is 0 Å². The van der Waals surface area contributed by atoms with E-state index in [1.807, 2.05) is 0 Å². The van der Waals surface area contributed by atoms with Crippen molar-refractivity contribution in [3.8, 4) is 0 Å². The average Bonchev–Trinajstić information content (AvgIpc) is 2.27. The SMILES string of the molecule is COC(=O)c1nc(C=CC(N)=O)cnc1N. The fourth-order valence-corrected chi connectivity index (χ4v) is 0.907. The Hall–Kier alpha value is -2.44. The highest BCUT2D eigenvalue weighted by Crippen LogP contribution is 2.08. The van der Waals surface area contributed by atoms with Crippen LogP contribution < -0.4 is 11.5 Å². The number of amides is 1. The molecule has 4 N–H and O–H groups in total. The van der Waals surface area contributed by atoms with E-state index in [4.69, 9.17) is 11.5 Å². The molecule has 1 heterocycles. The summed E-state index contributed by atoms with van der Waals surface area (Å²) in [6.07, 6.45) is 3.73. The molecule has 0 saturated carbocycles. The summed E-state index contributed by atoms with van der Waals surface area (Å²) in [6, 6.07) is 0. The second kappa shape index (κ2) is 4.87. The minimum atomic E-state index is -0.695. The van der Waals surface area contributed by atoms with Gasteiger partial charge < -0.3 is 16.2 Å². The van der Waals surface area contributed by atoms with E-state index in [1.54, 1.807) is 0 Å². The number of ether oxygens (including phenoxy) is 1. The molecule has 0 radical (unpaired) electrons. The predicted molar refractivity (Wildman–Crippen MR) is 56.0 cm³/mol. The molecule has 1 aromatic heterocycles. The lowest BCUT2D eigenvalue weighted by Crippen LogP contribution is -2.11. The standard InChI is InChI=1S/C9H10N4O3/c1-16-9(15)7-8(11)12-4-5(13-7)2-3-6(10)14/h2-4H,1H3,(H2,10,14)(H2,11,12). The van der Waals surface area contributed by atoms with Crippen LogP contribution in [0.5, 0.6) is 0 Å². The first-order chi connectivity index (χ1) is 7.54. The molecule has 0 aliphatic heterocycles. The number of esters is 1. The predicted octanol–water partition coefficient (Wildman–Crippen LogP) is -0.656. The lowest BCUT2D eigenvalue weighted by Gasteiger charge is -2.02. The highest BCUT2D eigenvalue weighted by atomic mass is 16.5. The van der Waals surface area contributed by atoms with Gasteiger partial charge in [-0.2, -0.15) is 0 Å². The summed E-state index contributed by atoms with van der Waals surface area (Å²) in [5, 5.41) is 0. The van der Waals surface area contributed by atoms with Gasteiger partial charge in [-0.3, -0.25) is 4.79 Å². The zero-order valence-corrected chi connectivity index (χ0v) is 8.51. The number of hydrogen-bond donors (Lipinski definition) is 2. The maximum atomic E-state index is 11.2. The van der Waals surface area contributed by atoms with Gasteiger partial charge in [0, 0.05) is 6.08 Å². The van der Waals surface area contributed by atoms with Gasteiger partial charge in [0.1, 0.15) is 0 Å². The molecule has 1 aromatic rings. The van der Waals surface area contributed by atoms with Crippen LogP contribution in [-0.4, -0.2) is 29.0 Å². The van der Waals surface area contributed by atoms with Crippen LogP contribution in [0.25, 0.3) is 6.08 Å². The van der Waals surface area contributed by atoms with Crippen molar-refractivity contribution >= 4 is 23.8 Å². The fraction of sp³-hybridized carbons (Fsp3) is 0.111. The molecule has 1 rings (SSSR count). The third-order valence-corrected chi connectivity index (χ3v) is 1.62. The second-order valence-electron chi connectivity index (χ2n) is 2.76. The number of rotatable bonds is 3. The normalized spacial score (nSPS) is 10.3. The summed E-state index contributed by atoms with van der Waals surface area (Å²) in [4.78, 5) is 29.3. The van der Waals surface area contributed by atoms with Crippen molar-refractivity contribution in [3.05, 3.63) is 23.7 Å². The van der Waals surface area contributed by atoms with Gasteiger partial charge in [0.05, 0.1) is 19.0 Å². The Morgan fingerprint density at radius 3 is 2.75 bits per heavy atom. The molecular formula is C9H10N4O3. The van der Waals surface area contributed by atoms with Crippen LogP contribution in [0.3, 0.4) is 0 Å². The molecule has 7 nitrogen and oxygen atoms in total. The first kappa shape index (κ1) is 11.6. The first-order valence-corrected chi connectivity index (χ1v) is 4.23. The third kappa shape index (κ3) is 2.77. The van der Waals surface area contributed by atoms with Crippen molar-refractivity contribution in [1.29, 1.82) is 0 Å². The summed E-state index contributed by atoms with van der Waals surface area (Å²) >= 11 is 0. The van der Waals surface area contributed by atoms with Gasteiger partial charge in [-0.15, -0.1) is 0 Å². The Kier molecular flexibility index (Phi) is 3.54. The van der Waals surface area contributed by atoms with Gasteiger partial charge in [-0.05, 0) is 6.08 Å². The van der Waals surface area contributed by atoms with Crippen molar-refractivity contribution in [2.24, 2.45) is 5.73 Å². The Morgan fingerprint density at radius 2 is 2.19 bits per heavy atom. The minimum Gasteiger partial charge on any atom is -0.464 e. The molecule has 0 aliphatic carbocycles.